The van der Waals surface area contributed by atoms with Crippen LogP contribution in [0.2, 0.25) is 0 Å². The third-order valence-corrected chi connectivity index (χ3v) is 3.70. The molecule has 2 aromatic rings. The zero-order valence-corrected chi connectivity index (χ0v) is 16.5. The van der Waals surface area contributed by atoms with E-state index in [1.807, 2.05) is 38.1 Å². The molecule has 0 N–H and O–H groups in total. The minimum Gasteiger partial charge on any atom is -0.496 e. The van der Waals surface area contributed by atoms with Gasteiger partial charge in [0, 0.05) is 18.0 Å². The average Bonchev–Trinajstić information content (AvgIpc) is 2.71. The monoisotopic (exact) mass is 355 g/mol. The maximum atomic E-state index is 5.51. The van der Waals surface area contributed by atoms with E-state index in [1.54, 1.807) is 26.6 Å². The van der Waals surface area contributed by atoms with Gasteiger partial charge >= 0.3 is 0 Å². The summed E-state index contributed by atoms with van der Waals surface area (Å²) in [5.74, 6) is 1.35. The predicted octanol–water partition coefficient (Wildman–Crippen LogP) is 4.99. The first-order valence-corrected chi connectivity index (χ1v) is 8.89. The summed E-state index contributed by atoms with van der Waals surface area (Å²) in [7, 11) is 3.28. The molecule has 1 heterocycles. The van der Waals surface area contributed by atoms with Gasteiger partial charge in [-0.05, 0) is 43.0 Å². The van der Waals surface area contributed by atoms with Crippen LogP contribution in [0.4, 0.5) is 5.69 Å². The molecule has 26 heavy (non-hydrogen) atoms. The zero-order chi connectivity index (χ0) is 19.4. The Labute approximate surface area is 156 Å². The number of hydrogen-bond donors (Lipinski definition) is 0. The highest BCUT2D eigenvalue weighted by Gasteiger charge is 2.17. The molecule has 0 fully saturated rings. The maximum absolute atomic E-state index is 5.51. The molecule has 0 unspecified atom stereocenters. The molecule has 0 aliphatic heterocycles. The Bertz CT molecular complexity index is 713. The molecule has 2 rings (SSSR count). The van der Waals surface area contributed by atoms with E-state index < -0.39 is 0 Å². The average molecular weight is 355 g/mol. The van der Waals surface area contributed by atoms with Crippen LogP contribution in [-0.2, 0) is 17.7 Å². The van der Waals surface area contributed by atoms with Crippen molar-refractivity contribution in [1.82, 2.24) is 4.98 Å². The first-order valence-electron chi connectivity index (χ1n) is 8.89. The van der Waals surface area contributed by atoms with Crippen LogP contribution >= 0.6 is 0 Å². The highest BCUT2D eigenvalue weighted by atomic mass is 16.5. The van der Waals surface area contributed by atoms with Crippen LogP contribution in [0.15, 0.2) is 46.6 Å². The highest BCUT2D eigenvalue weighted by molar-refractivity contribution is 6.00. The number of rotatable bonds is 7. The van der Waals surface area contributed by atoms with E-state index in [0.717, 1.165) is 41.0 Å². The van der Waals surface area contributed by atoms with Gasteiger partial charge in [-0.25, -0.2) is 4.99 Å². The Morgan fingerprint density at radius 1 is 1.12 bits per heavy atom. The van der Waals surface area contributed by atoms with Gasteiger partial charge in [-0.1, -0.05) is 27.2 Å². The number of aliphatic imine (C=N–C) groups is 2. The second-order valence-electron chi connectivity index (χ2n) is 5.23. The van der Waals surface area contributed by atoms with Crippen molar-refractivity contribution in [3.8, 4) is 5.75 Å². The molecule has 0 aliphatic carbocycles. The van der Waals surface area contributed by atoms with Crippen LogP contribution in [0.25, 0.3) is 0 Å². The third kappa shape index (κ3) is 5.41. The number of aromatic nitrogens is 1. The molecular formula is C21H29N3O2. The standard InChI is InChI=1S/C19H23N3O2.C2H6/c1-5-6-15-17(23-3)8-7-16(18(15)20-2)19(24-4)22-13-14-9-11-21-12-10-14;1-2/h7-12H,2,5-6,13H2,1,3-4H3;1-2H3. The van der Waals surface area contributed by atoms with E-state index >= 15 is 0 Å². The molecule has 0 radical (unpaired) electrons. The number of pyridine rings is 1. The Kier molecular flexibility index (Phi) is 9.69. The van der Waals surface area contributed by atoms with Crippen molar-refractivity contribution in [2.75, 3.05) is 14.2 Å². The van der Waals surface area contributed by atoms with Crippen LogP contribution in [0.5, 0.6) is 5.75 Å². The van der Waals surface area contributed by atoms with Gasteiger partial charge in [-0.15, -0.1) is 0 Å². The van der Waals surface area contributed by atoms with Gasteiger partial charge in [-0.3, -0.25) is 9.98 Å². The molecule has 5 heteroatoms. The first-order chi connectivity index (χ1) is 12.7. The third-order valence-electron chi connectivity index (χ3n) is 3.70. The summed E-state index contributed by atoms with van der Waals surface area (Å²) >= 11 is 0. The van der Waals surface area contributed by atoms with Gasteiger partial charge in [0.05, 0.1) is 32.0 Å². The van der Waals surface area contributed by atoms with E-state index in [2.05, 4.69) is 28.6 Å². The molecule has 5 nitrogen and oxygen atoms in total. The fraction of sp³-hybridized carbons (Fsp3) is 0.381. The van der Waals surface area contributed by atoms with Crippen molar-refractivity contribution in [1.29, 1.82) is 0 Å². The van der Waals surface area contributed by atoms with Gasteiger partial charge in [0.25, 0.3) is 0 Å². The molecule has 0 bridgehead atoms. The number of methoxy groups -OCH3 is 2. The Morgan fingerprint density at radius 3 is 2.35 bits per heavy atom. The molecule has 140 valence electrons. The number of hydrogen-bond acceptors (Lipinski definition) is 5. The van der Waals surface area contributed by atoms with E-state index in [-0.39, 0.29) is 0 Å². The summed E-state index contributed by atoms with van der Waals surface area (Å²) in [5.41, 5.74) is 3.69. The van der Waals surface area contributed by atoms with Crippen LogP contribution in [0.1, 0.15) is 43.9 Å². The van der Waals surface area contributed by atoms with Crippen LogP contribution < -0.4 is 4.74 Å². The van der Waals surface area contributed by atoms with E-state index in [0.29, 0.717) is 12.4 Å². The number of ether oxygens (including phenoxy) is 2. The van der Waals surface area contributed by atoms with Gasteiger partial charge < -0.3 is 9.47 Å². The summed E-state index contributed by atoms with van der Waals surface area (Å²) in [4.78, 5) is 12.8. The van der Waals surface area contributed by atoms with E-state index in [4.69, 9.17) is 9.47 Å². The first kappa shape index (κ1) is 21.4. The Balaban J connectivity index is 0.00000163. The molecule has 0 amide bonds. The molecule has 0 saturated carbocycles. The molecule has 0 spiro atoms. The lowest BCUT2D eigenvalue weighted by Crippen LogP contribution is -2.07. The molecule has 1 aromatic heterocycles. The SMILES string of the molecule is C=Nc1c(C(=NCc2ccncc2)OC)ccc(OC)c1CCC.CC. The minimum absolute atomic E-state index is 0.511. The largest absolute Gasteiger partial charge is 0.496 e. The van der Waals surface area contributed by atoms with Crippen molar-refractivity contribution in [3.63, 3.8) is 0 Å². The summed E-state index contributed by atoms with van der Waals surface area (Å²) in [6, 6.07) is 7.70. The van der Waals surface area contributed by atoms with Gasteiger partial charge in [-0.2, -0.15) is 0 Å². The van der Waals surface area contributed by atoms with Gasteiger partial charge in [0.1, 0.15) is 5.75 Å². The quantitative estimate of drug-likeness (QED) is 0.519. The normalized spacial score (nSPS) is 10.6. The summed E-state index contributed by atoms with van der Waals surface area (Å²) in [5, 5.41) is 0. The van der Waals surface area contributed by atoms with Crippen LogP contribution in [0.3, 0.4) is 0 Å². The smallest absolute Gasteiger partial charge is 0.218 e. The Hall–Kier alpha value is -2.69. The predicted molar refractivity (Wildman–Crippen MR) is 109 cm³/mol. The molecule has 1 aromatic carbocycles. The van der Waals surface area contributed by atoms with Crippen molar-refractivity contribution < 1.29 is 9.47 Å². The lowest BCUT2D eigenvalue weighted by molar-refractivity contribution is 0.401. The van der Waals surface area contributed by atoms with Crippen molar-refractivity contribution in [3.05, 3.63) is 53.3 Å². The molecule has 0 saturated heterocycles. The topological polar surface area (TPSA) is 56.1 Å². The maximum Gasteiger partial charge on any atom is 0.218 e. The Morgan fingerprint density at radius 2 is 1.81 bits per heavy atom. The summed E-state index contributed by atoms with van der Waals surface area (Å²) in [6.07, 6.45) is 5.34. The number of benzene rings is 1. The number of nitrogens with zero attached hydrogens (tertiary/aromatic N) is 3. The zero-order valence-electron chi connectivity index (χ0n) is 16.5. The highest BCUT2D eigenvalue weighted by Crippen LogP contribution is 2.34. The fourth-order valence-electron chi connectivity index (χ4n) is 2.56. The molecule has 0 aliphatic rings. The summed E-state index contributed by atoms with van der Waals surface area (Å²) in [6.45, 7) is 10.4. The van der Waals surface area contributed by atoms with Gasteiger partial charge in [0.2, 0.25) is 5.90 Å². The molecule has 0 atom stereocenters. The second kappa shape index (κ2) is 11.8. The van der Waals surface area contributed by atoms with E-state index in [9.17, 15) is 0 Å². The minimum atomic E-state index is 0.511. The lowest BCUT2D eigenvalue weighted by atomic mass is 10.0. The van der Waals surface area contributed by atoms with Gasteiger partial charge in [0.15, 0.2) is 0 Å². The van der Waals surface area contributed by atoms with Crippen LogP contribution in [0, 0.1) is 0 Å². The van der Waals surface area contributed by atoms with Crippen molar-refractivity contribution in [2.24, 2.45) is 9.98 Å². The van der Waals surface area contributed by atoms with E-state index in [1.165, 1.54) is 0 Å². The van der Waals surface area contributed by atoms with Crippen molar-refractivity contribution in [2.45, 2.75) is 40.2 Å². The van der Waals surface area contributed by atoms with Crippen molar-refractivity contribution >= 4 is 18.3 Å². The summed E-state index contributed by atoms with van der Waals surface area (Å²) < 4.78 is 11.0. The fourth-order valence-corrected chi connectivity index (χ4v) is 2.56. The van der Waals surface area contributed by atoms with Crippen LogP contribution in [-0.4, -0.2) is 31.8 Å². The lowest BCUT2D eigenvalue weighted by Gasteiger charge is -2.15. The second-order valence-corrected chi connectivity index (χ2v) is 5.23. The molecular weight excluding hydrogens is 326 g/mol.